The van der Waals surface area contributed by atoms with Crippen LogP contribution in [0.5, 0.6) is 0 Å². The molecule has 1 unspecified atom stereocenters. The first-order valence-electron chi connectivity index (χ1n) is 7.51. The van der Waals surface area contributed by atoms with Gasteiger partial charge in [0.05, 0.1) is 11.4 Å². The van der Waals surface area contributed by atoms with E-state index in [1.807, 2.05) is 24.6 Å². The summed E-state index contributed by atoms with van der Waals surface area (Å²) in [6, 6.07) is 5.00. The molecule has 0 fully saturated rings. The Bertz CT molecular complexity index is 631. The van der Waals surface area contributed by atoms with Crippen LogP contribution in [0.25, 0.3) is 5.69 Å². The van der Waals surface area contributed by atoms with Crippen molar-refractivity contribution in [2.75, 3.05) is 6.54 Å². The van der Waals surface area contributed by atoms with Gasteiger partial charge in [-0.25, -0.2) is 9.07 Å². The van der Waals surface area contributed by atoms with Crippen LogP contribution in [0, 0.1) is 26.6 Å². The van der Waals surface area contributed by atoms with Gasteiger partial charge in [-0.3, -0.25) is 0 Å². The van der Waals surface area contributed by atoms with Crippen LogP contribution in [0.2, 0.25) is 0 Å². The van der Waals surface area contributed by atoms with E-state index in [0.717, 1.165) is 35.6 Å². The number of rotatable bonds is 5. The third-order valence-electron chi connectivity index (χ3n) is 4.04. The molecule has 0 amide bonds. The van der Waals surface area contributed by atoms with Crippen LogP contribution in [0.3, 0.4) is 0 Å². The molecule has 0 saturated carbocycles. The quantitative estimate of drug-likeness (QED) is 0.901. The minimum absolute atomic E-state index is 0.0832. The van der Waals surface area contributed by atoms with Gasteiger partial charge in [-0.15, -0.1) is 0 Å². The van der Waals surface area contributed by atoms with E-state index in [4.69, 9.17) is 0 Å². The molecule has 2 rings (SSSR count). The summed E-state index contributed by atoms with van der Waals surface area (Å²) in [6.45, 7) is 11.2. The highest BCUT2D eigenvalue weighted by Crippen LogP contribution is 2.25. The summed E-state index contributed by atoms with van der Waals surface area (Å²) in [5, 5.41) is 8.02. The fourth-order valence-electron chi connectivity index (χ4n) is 2.49. The number of hydrogen-bond donors (Lipinski definition) is 1. The number of aromatic nitrogens is 2. The van der Waals surface area contributed by atoms with E-state index in [0.29, 0.717) is 0 Å². The maximum absolute atomic E-state index is 13.7. The third-order valence-corrected chi connectivity index (χ3v) is 4.04. The van der Waals surface area contributed by atoms with Crippen molar-refractivity contribution in [1.29, 1.82) is 0 Å². The van der Waals surface area contributed by atoms with Gasteiger partial charge >= 0.3 is 0 Å². The first-order valence-corrected chi connectivity index (χ1v) is 7.51. The fourth-order valence-corrected chi connectivity index (χ4v) is 2.49. The van der Waals surface area contributed by atoms with Crippen LogP contribution in [0.1, 0.15) is 48.8 Å². The Morgan fingerprint density at radius 3 is 2.57 bits per heavy atom. The van der Waals surface area contributed by atoms with Gasteiger partial charge < -0.3 is 5.32 Å². The molecule has 4 heteroatoms. The second-order valence-corrected chi connectivity index (χ2v) is 5.59. The smallest absolute Gasteiger partial charge is 0.123 e. The number of aryl methyl sites for hydroxylation is 1. The SMILES string of the molecule is CCCNC(C)c1cc(F)ccc1-n1nc(C)c(C)c1C. The van der Waals surface area contributed by atoms with E-state index in [1.54, 1.807) is 6.07 Å². The first-order chi connectivity index (χ1) is 9.95. The molecule has 0 spiro atoms. The van der Waals surface area contributed by atoms with Gasteiger partial charge in [0.1, 0.15) is 5.82 Å². The molecule has 2 aromatic rings. The lowest BCUT2D eigenvalue weighted by atomic mass is 10.1. The van der Waals surface area contributed by atoms with Crippen LogP contribution in [0.15, 0.2) is 18.2 Å². The third kappa shape index (κ3) is 3.16. The molecule has 1 aromatic carbocycles. The minimum Gasteiger partial charge on any atom is -0.310 e. The highest BCUT2D eigenvalue weighted by Gasteiger charge is 2.16. The monoisotopic (exact) mass is 289 g/mol. The zero-order valence-electron chi connectivity index (χ0n) is 13.5. The summed E-state index contributed by atoms with van der Waals surface area (Å²) in [5.74, 6) is -0.211. The zero-order valence-corrected chi connectivity index (χ0v) is 13.5. The van der Waals surface area contributed by atoms with Crippen LogP contribution in [-0.4, -0.2) is 16.3 Å². The molecule has 0 radical (unpaired) electrons. The predicted octanol–water partition coefficient (Wildman–Crippen LogP) is 4.00. The maximum Gasteiger partial charge on any atom is 0.123 e. The summed E-state index contributed by atoms with van der Waals surface area (Å²) in [5.41, 5.74) is 5.18. The fraction of sp³-hybridized carbons (Fsp3) is 0.471. The topological polar surface area (TPSA) is 29.9 Å². The Kier molecular flexibility index (Phi) is 4.78. The molecule has 21 heavy (non-hydrogen) atoms. The van der Waals surface area contributed by atoms with Crippen molar-refractivity contribution in [1.82, 2.24) is 15.1 Å². The summed E-state index contributed by atoms with van der Waals surface area (Å²) >= 11 is 0. The van der Waals surface area contributed by atoms with Gasteiger partial charge in [0.25, 0.3) is 0 Å². The zero-order chi connectivity index (χ0) is 15.6. The van der Waals surface area contributed by atoms with Gasteiger partial charge in [-0.2, -0.15) is 5.10 Å². The molecule has 0 aliphatic rings. The second-order valence-electron chi connectivity index (χ2n) is 5.59. The van der Waals surface area contributed by atoms with Gasteiger partial charge in [-0.1, -0.05) is 6.92 Å². The Morgan fingerprint density at radius 2 is 2.00 bits per heavy atom. The van der Waals surface area contributed by atoms with Crippen molar-refractivity contribution in [3.05, 3.63) is 46.5 Å². The molecule has 0 saturated heterocycles. The second kappa shape index (κ2) is 6.39. The molecule has 1 aromatic heterocycles. The lowest BCUT2D eigenvalue weighted by Crippen LogP contribution is -2.21. The summed E-state index contributed by atoms with van der Waals surface area (Å²) in [6.07, 6.45) is 1.05. The molecular formula is C17H24FN3. The normalized spacial score (nSPS) is 12.7. The number of halogens is 1. The average Bonchev–Trinajstić information content (AvgIpc) is 2.72. The van der Waals surface area contributed by atoms with Gasteiger partial charge in [0, 0.05) is 11.7 Å². The molecular weight excluding hydrogens is 265 g/mol. The largest absolute Gasteiger partial charge is 0.310 e. The van der Waals surface area contributed by atoms with Gasteiger partial charge in [0.15, 0.2) is 0 Å². The number of nitrogens with one attached hydrogen (secondary N) is 1. The van der Waals surface area contributed by atoms with Crippen molar-refractivity contribution in [2.24, 2.45) is 0 Å². The van der Waals surface area contributed by atoms with Crippen molar-refractivity contribution < 1.29 is 4.39 Å². The van der Waals surface area contributed by atoms with E-state index in [9.17, 15) is 4.39 Å². The van der Waals surface area contributed by atoms with E-state index in [2.05, 4.69) is 31.2 Å². The lowest BCUT2D eigenvalue weighted by Gasteiger charge is -2.18. The summed E-state index contributed by atoms with van der Waals surface area (Å²) in [4.78, 5) is 0. The number of nitrogens with zero attached hydrogens (tertiary/aromatic N) is 2. The predicted molar refractivity (Wildman–Crippen MR) is 84.4 cm³/mol. The standard InChI is InChI=1S/C17H24FN3/c1-6-9-19-13(4)16-10-15(18)7-8-17(16)21-14(5)11(2)12(3)20-21/h7-8,10,13,19H,6,9H2,1-5H3. The van der Waals surface area contributed by atoms with E-state index < -0.39 is 0 Å². The lowest BCUT2D eigenvalue weighted by molar-refractivity contribution is 0.557. The van der Waals surface area contributed by atoms with Gasteiger partial charge in [-0.05, 0) is 70.0 Å². The van der Waals surface area contributed by atoms with E-state index in [-0.39, 0.29) is 11.9 Å². The highest BCUT2D eigenvalue weighted by molar-refractivity contribution is 5.45. The Balaban J connectivity index is 2.50. The Hall–Kier alpha value is -1.68. The molecule has 0 bridgehead atoms. The first kappa shape index (κ1) is 15.7. The molecule has 1 heterocycles. The van der Waals surface area contributed by atoms with Crippen molar-refractivity contribution in [3.8, 4) is 5.69 Å². The molecule has 3 nitrogen and oxygen atoms in total. The minimum atomic E-state index is -0.211. The Morgan fingerprint density at radius 1 is 1.29 bits per heavy atom. The van der Waals surface area contributed by atoms with E-state index in [1.165, 1.54) is 11.6 Å². The highest BCUT2D eigenvalue weighted by atomic mass is 19.1. The molecule has 1 atom stereocenters. The summed E-state index contributed by atoms with van der Waals surface area (Å²) in [7, 11) is 0. The van der Waals surface area contributed by atoms with Crippen molar-refractivity contribution >= 4 is 0 Å². The van der Waals surface area contributed by atoms with Crippen molar-refractivity contribution in [3.63, 3.8) is 0 Å². The van der Waals surface area contributed by atoms with Crippen LogP contribution in [-0.2, 0) is 0 Å². The maximum atomic E-state index is 13.7. The van der Waals surface area contributed by atoms with Gasteiger partial charge in [0.2, 0.25) is 0 Å². The summed E-state index contributed by atoms with van der Waals surface area (Å²) < 4.78 is 15.6. The van der Waals surface area contributed by atoms with E-state index >= 15 is 0 Å². The van der Waals surface area contributed by atoms with Crippen LogP contribution in [0.4, 0.5) is 4.39 Å². The Labute approximate surface area is 126 Å². The molecule has 0 aliphatic carbocycles. The number of benzene rings is 1. The van der Waals surface area contributed by atoms with Crippen molar-refractivity contribution in [2.45, 2.75) is 47.1 Å². The average molecular weight is 289 g/mol. The molecule has 114 valence electrons. The number of hydrogen-bond acceptors (Lipinski definition) is 2. The van der Waals surface area contributed by atoms with Crippen LogP contribution >= 0.6 is 0 Å². The van der Waals surface area contributed by atoms with Crippen LogP contribution < -0.4 is 5.32 Å². The molecule has 1 N–H and O–H groups in total. The molecule has 0 aliphatic heterocycles.